The highest BCUT2D eigenvalue weighted by atomic mass is 16.3. The van der Waals surface area contributed by atoms with E-state index in [1.54, 1.807) is 0 Å². The number of hydrogen-bond donors (Lipinski definition) is 1. The van der Waals surface area contributed by atoms with Crippen LogP contribution in [0.4, 0.5) is 0 Å². The van der Waals surface area contributed by atoms with E-state index in [0.717, 1.165) is 13.1 Å². The summed E-state index contributed by atoms with van der Waals surface area (Å²) in [7, 11) is 0. The average Bonchev–Trinajstić information content (AvgIpc) is 2.43. The fourth-order valence-corrected chi connectivity index (χ4v) is 2.15. The maximum Gasteiger partial charge on any atom is 0.0558 e. The minimum Gasteiger partial charge on any atom is -0.395 e. The van der Waals surface area contributed by atoms with Crippen molar-refractivity contribution >= 4 is 0 Å². The highest BCUT2D eigenvalue weighted by Gasteiger charge is 2.06. The zero-order chi connectivity index (χ0) is 13.5. The summed E-state index contributed by atoms with van der Waals surface area (Å²) in [5.41, 5.74) is 3.85. The van der Waals surface area contributed by atoms with Gasteiger partial charge < -0.3 is 5.11 Å². The summed E-state index contributed by atoms with van der Waals surface area (Å²) in [6.45, 7) is 4.73. The van der Waals surface area contributed by atoms with Gasteiger partial charge in [0.25, 0.3) is 0 Å². The van der Waals surface area contributed by atoms with Gasteiger partial charge in [-0.2, -0.15) is 0 Å². The van der Waals surface area contributed by atoms with Gasteiger partial charge in [-0.15, -0.1) is 0 Å². The predicted octanol–water partition coefficient (Wildman–Crippen LogP) is 2.99. The summed E-state index contributed by atoms with van der Waals surface area (Å²) < 4.78 is 0. The van der Waals surface area contributed by atoms with E-state index in [1.807, 2.05) is 6.07 Å². The number of benzene rings is 2. The van der Waals surface area contributed by atoms with E-state index in [9.17, 15) is 5.11 Å². The molecule has 0 radical (unpaired) electrons. The van der Waals surface area contributed by atoms with Gasteiger partial charge in [0.1, 0.15) is 0 Å². The summed E-state index contributed by atoms with van der Waals surface area (Å²) >= 11 is 0. The Morgan fingerprint density at radius 2 is 1.42 bits per heavy atom. The van der Waals surface area contributed by atoms with Crippen LogP contribution in [0.3, 0.4) is 0 Å². The number of rotatable bonds is 6. The van der Waals surface area contributed by atoms with Gasteiger partial charge in [-0.1, -0.05) is 60.2 Å². The van der Waals surface area contributed by atoms with E-state index in [4.69, 9.17) is 0 Å². The summed E-state index contributed by atoms with van der Waals surface area (Å²) in [6.07, 6.45) is 0. The van der Waals surface area contributed by atoms with Crippen LogP contribution in [-0.2, 0) is 13.1 Å². The minimum atomic E-state index is 0.193. The molecular weight excluding hydrogens is 234 g/mol. The first-order valence-electron chi connectivity index (χ1n) is 6.70. The Balaban J connectivity index is 2.01. The molecule has 0 aliphatic heterocycles. The zero-order valence-electron chi connectivity index (χ0n) is 11.4. The molecule has 0 unspecified atom stereocenters. The van der Waals surface area contributed by atoms with Crippen molar-refractivity contribution in [3.63, 3.8) is 0 Å². The van der Waals surface area contributed by atoms with E-state index in [0.29, 0.717) is 6.54 Å². The molecule has 100 valence electrons. The molecule has 0 heterocycles. The zero-order valence-corrected chi connectivity index (χ0v) is 11.4. The Bertz CT molecular complexity index is 478. The van der Waals surface area contributed by atoms with Crippen LogP contribution in [0.25, 0.3) is 0 Å². The molecule has 0 bridgehead atoms. The van der Waals surface area contributed by atoms with Crippen LogP contribution in [0.1, 0.15) is 16.7 Å². The summed E-state index contributed by atoms with van der Waals surface area (Å²) in [5.74, 6) is 0. The Hall–Kier alpha value is -1.64. The summed E-state index contributed by atoms with van der Waals surface area (Å²) in [4.78, 5) is 2.26. The lowest BCUT2D eigenvalue weighted by Gasteiger charge is -2.21. The molecule has 2 aromatic rings. The van der Waals surface area contributed by atoms with Crippen molar-refractivity contribution in [1.82, 2.24) is 4.90 Å². The molecule has 0 amide bonds. The summed E-state index contributed by atoms with van der Waals surface area (Å²) in [6, 6.07) is 19.0. The first-order chi connectivity index (χ1) is 9.28. The van der Waals surface area contributed by atoms with E-state index in [2.05, 4.69) is 60.4 Å². The van der Waals surface area contributed by atoms with Gasteiger partial charge in [0.15, 0.2) is 0 Å². The maximum absolute atomic E-state index is 9.20. The van der Waals surface area contributed by atoms with E-state index < -0.39 is 0 Å². The molecule has 0 aliphatic carbocycles. The molecule has 2 heteroatoms. The number of nitrogens with zero attached hydrogens (tertiary/aromatic N) is 1. The third-order valence-electron chi connectivity index (χ3n) is 3.19. The van der Waals surface area contributed by atoms with Gasteiger partial charge in [-0.05, 0) is 18.1 Å². The lowest BCUT2D eigenvalue weighted by atomic mass is 10.1. The van der Waals surface area contributed by atoms with Crippen LogP contribution in [-0.4, -0.2) is 23.2 Å². The van der Waals surface area contributed by atoms with Gasteiger partial charge >= 0.3 is 0 Å². The molecule has 1 N–H and O–H groups in total. The van der Waals surface area contributed by atoms with Crippen molar-refractivity contribution in [2.24, 2.45) is 0 Å². The van der Waals surface area contributed by atoms with E-state index in [-0.39, 0.29) is 6.61 Å². The van der Waals surface area contributed by atoms with Crippen LogP contribution >= 0.6 is 0 Å². The molecule has 2 nitrogen and oxygen atoms in total. The molecule has 0 spiro atoms. The monoisotopic (exact) mass is 255 g/mol. The van der Waals surface area contributed by atoms with Crippen molar-refractivity contribution in [2.75, 3.05) is 13.2 Å². The normalized spacial score (nSPS) is 10.9. The SMILES string of the molecule is Cc1ccc(CN(CCO)Cc2ccccc2)cc1. The number of aliphatic hydroxyl groups is 1. The van der Waals surface area contributed by atoms with Crippen molar-refractivity contribution in [2.45, 2.75) is 20.0 Å². The third-order valence-corrected chi connectivity index (χ3v) is 3.19. The Morgan fingerprint density at radius 1 is 0.842 bits per heavy atom. The summed E-state index contributed by atoms with van der Waals surface area (Å²) in [5, 5.41) is 9.20. The molecule has 0 saturated heterocycles. The Labute approximate surface area is 115 Å². The molecule has 0 aliphatic rings. The molecule has 0 atom stereocenters. The molecule has 0 saturated carbocycles. The third kappa shape index (κ3) is 4.51. The maximum atomic E-state index is 9.20. The second kappa shape index (κ2) is 7.07. The lowest BCUT2D eigenvalue weighted by molar-refractivity contribution is 0.184. The Kier molecular flexibility index (Phi) is 5.13. The molecular formula is C17H21NO. The van der Waals surface area contributed by atoms with Crippen molar-refractivity contribution in [1.29, 1.82) is 0 Å². The van der Waals surface area contributed by atoms with Gasteiger partial charge in [0, 0.05) is 19.6 Å². The van der Waals surface area contributed by atoms with Crippen LogP contribution in [0.15, 0.2) is 54.6 Å². The predicted molar refractivity (Wildman–Crippen MR) is 78.8 cm³/mol. The highest BCUT2D eigenvalue weighted by molar-refractivity contribution is 5.21. The number of hydrogen-bond acceptors (Lipinski definition) is 2. The van der Waals surface area contributed by atoms with E-state index >= 15 is 0 Å². The highest BCUT2D eigenvalue weighted by Crippen LogP contribution is 2.10. The molecule has 0 aromatic heterocycles. The molecule has 2 rings (SSSR count). The topological polar surface area (TPSA) is 23.5 Å². The lowest BCUT2D eigenvalue weighted by Crippen LogP contribution is -2.26. The van der Waals surface area contributed by atoms with Gasteiger partial charge in [-0.25, -0.2) is 0 Å². The standard InChI is InChI=1S/C17H21NO/c1-15-7-9-17(10-8-15)14-18(11-12-19)13-16-5-3-2-4-6-16/h2-10,19H,11-14H2,1H3. The first-order valence-corrected chi connectivity index (χ1v) is 6.70. The molecule has 2 aromatic carbocycles. The second-order valence-corrected chi connectivity index (χ2v) is 4.91. The van der Waals surface area contributed by atoms with Crippen molar-refractivity contribution in [3.8, 4) is 0 Å². The second-order valence-electron chi connectivity index (χ2n) is 4.91. The molecule has 0 fully saturated rings. The van der Waals surface area contributed by atoms with Gasteiger partial charge in [-0.3, -0.25) is 4.90 Å². The smallest absolute Gasteiger partial charge is 0.0558 e. The Morgan fingerprint density at radius 3 is 2.00 bits per heavy atom. The average molecular weight is 255 g/mol. The van der Waals surface area contributed by atoms with Crippen molar-refractivity contribution < 1.29 is 5.11 Å². The van der Waals surface area contributed by atoms with Crippen molar-refractivity contribution in [3.05, 3.63) is 71.3 Å². The fraction of sp³-hybridized carbons (Fsp3) is 0.294. The first kappa shape index (κ1) is 13.8. The van der Waals surface area contributed by atoms with Crippen LogP contribution in [0.5, 0.6) is 0 Å². The van der Waals surface area contributed by atoms with Gasteiger partial charge in [0.05, 0.1) is 6.61 Å². The van der Waals surface area contributed by atoms with Gasteiger partial charge in [0.2, 0.25) is 0 Å². The fourth-order valence-electron chi connectivity index (χ4n) is 2.15. The number of aliphatic hydroxyl groups excluding tert-OH is 1. The van der Waals surface area contributed by atoms with Crippen LogP contribution in [0.2, 0.25) is 0 Å². The largest absolute Gasteiger partial charge is 0.395 e. The minimum absolute atomic E-state index is 0.193. The van der Waals surface area contributed by atoms with E-state index in [1.165, 1.54) is 16.7 Å². The quantitative estimate of drug-likeness (QED) is 0.857. The van der Waals surface area contributed by atoms with Crippen LogP contribution in [0, 0.1) is 6.92 Å². The van der Waals surface area contributed by atoms with Crippen LogP contribution < -0.4 is 0 Å². The number of aryl methyl sites for hydroxylation is 1. The molecule has 19 heavy (non-hydrogen) atoms.